The van der Waals surface area contributed by atoms with Crippen molar-refractivity contribution in [2.45, 2.75) is 6.54 Å². The monoisotopic (exact) mass is 293 g/mol. The Hall–Kier alpha value is -2.53. The van der Waals surface area contributed by atoms with Crippen LogP contribution in [0.4, 0.5) is 0 Å². The van der Waals surface area contributed by atoms with E-state index in [1.807, 2.05) is 35.7 Å². The molecular weight excluding hydrogens is 282 g/mol. The van der Waals surface area contributed by atoms with E-state index in [-0.39, 0.29) is 5.56 Å². The number of benzene rings is 1. The van der Waals surface area contributed by atoms with Gasteiger partial charge in [-0.15, -0.1) is 11.3 Å². The van der Waals surface area contributed by atoms with Gasteiger partial charge in [-0.05, 0) is 35.2 Å². The molecule has 3 heterocycles. The van der Waals surface area contributed by atoms with E-state index in [4.69, 9.17) is 0 Å². The van der Waals surface area contributed by atoms with Crippen LogP contribution >= 0.6 is 11.3 Å². The van der Waals surface area contributed by atoms with E-state index in [9.17, 15) is 4.79 Å². The third kappa shape index (κ3) is 2.11. The van der Waals surface area contributed by atoms with Gasteiger partial charge in [0.1, 0.15) is 4.83 Å². The predicted octanol–water partition coefficient (Wildman–Crippen LogP) is 3.05. The summed E-state index contributed by atoms with van der Waals surface area (Å²) in [5.41, 5.74) is 2.03. The van der Waals surface area contributed by atoms with Crippen molar-refractivity contribution in [3.8, 4) is 0 Å². The van der Waals surface area contributed by atoms with Crippen molar-refractivity contribution in [2.75, 3.05) is 0 Å². The Labute approximate surface area is 124 Å². The summed E-state index contributed by atoms with van der Waals surface area (Å²) in [7, 11) is 0. The van der Waals surface area contributed by atoms with Crippen LogP contribution in [0, 0.1) is 0 Å². The van der Waals surface area contributed by atoms with Crippen LogP contribution in [-0.2, 0) is 6.54 Å². The van der Waals surface area contributed by atoms with Crippen molar-refractivity contribution >= 4 is 32.5 Å². The maximum atomic E-state index is 12.4. The number of thiophene rings is 1. The van der Waals surface area contributed by atoms with Gasteiger partial charge in [0.2, 0.25) is 0 Å². The molecule has 4 rings (SSSR count). The van der Waals surface area contributed by atoms with Crippen molar-refractivity contribution in [3.63, 3.8) is 0 Å². The molecule has 0 N–H and O–H groups in total. The first-order valence-corrected chi connectivity index (χ1v) is 7.45. The van der Waals surface area contributed by atoms with Crippen LogP contribution in [0.5, 0.6) is 0 Å². The zero-order chi connectivity index (χ0) is 14.2. The Bertz CT molecular complexity index is 1000. The average Bonchev–Trinajstić information content (AvgIpc) is 2.99. The Morgan fingerprint density at radius 1 is 1.14 bits per heavy atom. The number of hydrogen-bond donors (Lipinski definition) is 0. The maximum Gasteiger partial charge on any atom is 0.262 e. The number of nitrogens with zero attached hydrogens (tertiary/aromatic N) is 3. The van der Waals surface area contributed by atoms with E-state index in [0.717, 1.165) is 21.3 Å². The molecular formula is C16H11N3OS. The Morgan fingerprint density at radius 2 is 2.10 bits per heavy atom. The van der Waals surface area contributed by atoms with Gasteiger partial charge in [-0.25, -0.2) is 4.98 Å². The minimum Gasteiger partial charge on any atom is -0.294 e. The standard InChI is InChI=1S/C16H11N3OS/c20-16-13-5-7-21-15(13)18-10-19(16)9-11-3-4-14-12(8-11)2-1-6-17-14/h1-8,10H,9H2. The Morgan fingerprint density at radius 3 is 3.05 bits per heavy atom. The molecule has 1 aromatic carbocycles. The topological polar surface area (TPSA) is 47.8 Å². The van der Waals surface area contributed by atoms with Crippen molar-refractivity contribution in [2.24, 2.45) is 0 Å². The van der Waals surface area contributed by atoms with Crippen LogP contribution < -0.4 is 5.56 Å². The largest absolute Gasteiger partial charge is 0.294 e. The highest BCUT2D eigenvalue weighted by Gasteiger charge is 2.06. The highest BCUT2D eigenvalue weighted by Crippen LogP contribution is 2.16. The molecule has 5 heteroatoms. The summed E-state index contributed by atoms with van der Waals surface area (Å²) in [5, 5.41) is 3.66. The SMILES string of the molecule is O=c1c2ccsc2ncn1Cc1ccc2ncccc2c1. The Kier molecular flexibility index (Phi) is 2.79. The molecule has 21 heavy (non-hydrogen) atoms. The number of pyridine rings is 1. The second kappa shape index (κ2) is 4.79. The summed E-state index contributed by atoms with van der Waals surface area (Å²) >= 11 is 1.49. The molecule has 0 saturated carbocycles. The molecule has 0 unspecified atom stereocenters. The number of hydrogen-bond acceptors (Lipinski definition) is 4. The molecule has 4 aromatic rings. The molecule has 0 atom stereocenters. The zero-order valence-corrected chi connectivity index (χ0v) is 11.9. The van der Waals surface area contributed by atoms with Crippen LogP contribution in [0.1, 0.15) is 5.56 Å². The predicted molar refractivity (Wildman–Crippen MR) is 84.7 cm³/mol. The summed E-state index contributed by atoms with van der Waals surface area (Å²) in [6, 6.07) is 11.8. The van der Waals surface area contributed by atoms with Crippen molar-refractivity contribution < 1.29 is 0 Å². The minimum atomic E-state index is 0.00698. The molecule has 4 nitrogen and oxygen atoms in total. The second-order valence-electron chi connectivity index (χ2n) is 4.85. The summed E-state index contributed by atoms with van der Waals surface area (Å²) in [6.07, 6.45) is 3.40. The third-order valence-electron chi connectivity index (χ3n) is 3.47. The highest BCUT2D eigenvalue weighted by atomic mass is 32.1. The second-order valence-corrected chi connectivity index (χ2v) is 5.74. The van der Waals surface area contributed by atoms with Gasteiger partial charge in [-0.3, -0.25) is 14.3 Å². The van der Waals surface area contributed by atoms with Gasteiger partial charge in [0.25, 0.3) is 5.56 Å². The van der Waals surface area contributed by atoms with Crippen molar-refractivity contribution in [1.82, 2.24) is 14.5 Å². The summed E-state index contributed by atoms with van der Waals surface area (Å²) in [4.78, 5) is 21.8. The fraction of sp³-hybridized carbons (Fsp3) is 0.0625. The van der Waals surface area contributed by atoms with Gasteiger partial charge in [0.05, 0.1) is 23.8 Å². The number of fused-ring (bicyclic) bond motifs is 2. The van der Waals surface area contributed by atoms with E-state index in [1.54, 1.807) is 17.1 Å². The Balaban J connectivity index is 1.78. The van der Waals surface area contributed by atoms with Gasteiger partial charge >= 0.3 is 0 Å². The van der Waals surface area contributed by atoms with Crippen LogP contribution in [0.15, 0.2) is 59.1 Å². The molecule has 0 bridgehead atoms. The van der Waals surface area contributed by atoms with E-state index in [1.165, 1.54) is 11.3 Å². The zero-order valence-electron chi connectivity index (χ0n) is 11.1. The molecule has 0 radical (unpaired) electrons. The minimum absolute atomic E-state index is 0.00698. The summed E-state index contributed by atoms with van der Waals surface area (Å²) in [6.45, 7) is 0.516. The molecule has 0 spiro atoms. The molecule has 0 aliphatic rings. The number of aromatic nitrogens is 3. The lowest BCUT2D eigenvalue weighted by Gasteiger charge is -2.06. The van der Waals surface area contributed by atoms with Gasteiger partial charge in [0, 0.05) is 11.6 Å². The van der Waals surface area contributed by atoms with Crippen molar-refractivity contribution in [1.29, 1.82) is 0 Å². The van der Waals surface area contributed by atoms with E-state index in [2.05, 4.69) is 16.0 Å². The van der Waals surface area contributed by atoms with Crippen LogP contribution in [-0.4, -0.2) is 14.5 Å². The molecule has 0 fully saturated rings. The maximum absolute atomic E-state index is 12.4. The highest BCUT2D eigenvalue weighted by molar-refractivity contribution is 7.16. The van der Waals surface area contributed by atoms with E-state index < -0.39 is 0 Å². The molecule has 3 aromatic heterocycles. The molecule has 102 valence electrons. The lowest BCUT2D eigenvalue weighted by Crippen LogP contribution is -2.20. The van der Waals surface area contributed by atoms with Crippen molar-refractivity contribution in [3.05, 3.63) is 70.2 Å². The summed E-state index contributed by atoms with van der Waals surface area (Å²) < 4.78 is 1.65. The first kappa shape index (κ1) is 12.2. The average molecular weight is 293 g/mol. The fourth-order valence-electron chi connectivity index (χ4n) is 2.43. The third-order valence-corrected chi connectivity index (χ3v) is 4.29. The summed E-state index contributed by atoms with van der Waals surface area (Å²) in [5.74, 6) is 0. The first-order chi connectivity index (χ1) is 10.3. The van der Waals surface area contributed by atoms with Gasteiger partial charge in [-0.2, -0.15) is 0 Å². The lowest BCUT2D eigenvalue weighted by atomic mass is 10.1. The van der Waals surface area contributed by atoms with Crippen LogP contribution in [0.2, 0.25) is 0 Å². The van der Waals surface area contributed by atoms with Crippen LogP contribution in [0.3, 0.4) is 0 Å². The molecule has 0 aliphatic heterocycles. The first-order valence-electron chi connectivity index (χ1n) is 6.57. The van der Waals surface area contributed by atoms with E-state index in [0.29, 0.717) is 11.9 Å². The molecule has 0 aliphatic carbocycles. The smallest absolute Gasteiger partial charge is 0.262 e. The number of rotatable bonds is 2. The molecule has 0 amide bonds. The van der Waals surface area contributed by atoms with Gasteiger partial charge in [-0.1, -0.05) is 12.1 Å². The fourth-order valence-corrected chi connectivity index (χ4v) is 3.15. The van der Waals surface area contributed by atoms with E-state index >= 15 is 0 Å². The van der Waals surface area contributed by atoms with Crippen LogP contribution in [0.25, 0.3) is 21.1 Å². The molecule has 0 saturated heterocycles. The van der Waals surface area contributed by atoms with Gasteiger partial charge in [0.15, 0.2) is 0 Å². The normalized spacial score (nSPS) is 11.2. The lowest BCUT2D eigenvalue weighted by molar-refractivity contribution is 0.750. The van der Waals surface area contributed by atoms with Gasteiger partial charge < -0.3 is 0 Å². The quantitative estimate of drug-likeness (QED) is 0.570.